The number of piperazine rings is 1. The number of aryl methyl sites for hydroxylation is 2. The smallest absolute Gasteiger partial charge is 0.253 e. The van der Waals surface area contributed by atoms with Crippen molar-refractivity contribution in [2.24, 2.45) is 5.92 Å². The summed E-state index contributed by atoms with van der Waals surface area (Å²) in [6.45, 7) is 2.08. The molecule has 2 aliphatic heterocycles. The number of halogens is 1. The Bertz CT molecular complexity index is 1220. The fourth-order valence-electron chi connectivity index (χ4n) is 5.40. The van der Waals surface area contributed by atoms with Gasteiger partial charge in [-0.05, 0) is 79.6 Å². The Kier molecular flexibility index (Phi) is 6.63. The third-order valence-corrected chi connectivity index (χ3v) is 9.30. The molecule has 0 unspecified atom stereocenters. The Labute approximate surface area is 205 Å². The Balaban J connectivity index is 1.19. The highest BCUT2D eigenvalue weighted by atomic mass is 32.2. The minimum absolute atomic E-state index is 0.0313. The number of rotatable bonds is 4. The average molecular weight is 500 g/mol. The molecule has 2 heterocycles. The van der Waals surface area contributed by atoms with Crippen molar-refractivity contribution in [1.82, 2.24) is 14.1 Å². The standard InChI is InChI=1S/C26H30FN3O4S/c27-23-9-6-20(7-10-23)25(31)29-12-2-5-22(18-29)26(32)28-13-15-30(16-14-28)35(33,34)24-11-8-19-3-1-4-21(19)17-24/h6-11,17,22H,1-5,12-16,18H2/t22-/m1/s1. The molecule has 2 fully saturated rings. The first-order chi connectivity index (χ1) is 16.8. The molecule has 0 radical (unpaired) electrons. The van der Waals surface area contributed by atoms with E-state index in [2.05, 4.69) is 0 Å². The van der Waals surface area contributed by atoms with Gasteiger partial charge in [-0.3, -0.25) is 9.59 Å². The molecule has 2 aromatic rings. The first kappa shape index (κ1) is 23.9. The predicted octanol–water partition coefficient (Wildman–Crippen LogP) is 2.70. The summed E-state index contributed by atoms with van der Waals surface area (Å²) in [6.07, 6.45) is 4.40. The van der Waals surface area contributed by atoms with Crippen LogP contribution in [-0.2, 0) is 27.7 Å². The fraction of sp³-hybridized carbons (Fsp3) is 0.462. The molecule has 9 heteroatoms. The summed E-state index contributed by atoms with van der Waals surface area (Å²) >= 11 is 0. The maximum atomic E-state index is 13.2. The van der Waals surface area contributed by atoms with Crippen LogP contribution in [0.25, 0.3) is 0 Å². The zero-order chi connectivity index (χ0) is 24.6. The van der Waals surface area contributed by atoms with Crippen molar-refractivity contribution in [1.29, 1.82) is 0 Å². The van der Waals surface area contributed by atoms with Crippen LogP contribution in [-0.4, -0.2) is 73.6 Å². The average Bonchev–Trinajstić information content (AvgIpc) is 3.36. The maximum Gasteiger partial charge on any atom is 0.253 e. The molecule has 5 rings (SSSR count). The lowest BCUT2D eigenvalue weighted by atomic mass is 9.95. The van der Waals surface area contributed by atoms with E-state index in [9.17, 15) is 22.4 Å². The maximum absolute atomic E-state index is 13.2. The number of nitrogens with zero attached hydrogens (tertiary/aromatic N) is 3. The number of carbonyl (C=O) groups excluding carboxylic acids is 2. The minimum Gasteiger partial charge on any atom is -0.340 e. The molecular formula is C26H30FN3O4S. The van der Waals surface area contributed by atoms with Gasteiger partial charge in [-0.2, -0.15) is 4.31 Å². The van der Waals surface area contributed by atoms with Gasteiger partial charge in [0.2, 0.25) is 15.9 Å². The zero-order valence-corrected chi connectivity index (χ0v) is 20.5. The second-order valence-corrected chi connectivity index (χ2v) is 11.5. The molecule has 35 heavy (non-hydrogen) atoms. The van der Waals surface area contributed by atoms with Crippen LogP contribution in [0.3, 0.4) is 0 Å². The summed E-state index contributed by atoms with van der Waals surface area (Å²) in [4.78, 5) is 29.8. The van der Waals surface area contributed by atoms with E-state index in [1.807, 2.05) is 12.1 Å². The molecule has 3 aliphatic rings. The lowest BCUT2D eigenvalue weighted by Gasteiger charge is -2.38. The first-order valence-electron chi connectivity index (χ1n) is 12.3. The van der Waals surface area contributed by atoms with Crippen molar-refractivity contribution in [2.75, 3.05) is 39.3 Å². The molecule has 0 bridgehead atoms. The van der Waals surface area contributed by atoms with Gasteiger partial charge in [0.1, 0.15) is 5.82 Å². The highest BCUT2D eigenvalue weighted by molar-refractivity contribution is 7.89. The summed E-state index contributed by atoms with van der Waals surface area (Å²) in [7, 11) is -3.60. The molecule has 2 aromatic carbocycles. The Morgan fingerprint density at radius 2 is 1.54 bits per heavy atom. The molecule has 186 valence electrons. The number of benzene rings is 2. The number of hydrogen-bond donors (Lipinski definition) is 0. The van der Waals surface area contributed by atoms with Gasteiger partial charge in [-0.15, -0.1) is 0 Å². The van der Waals surface area contributed by atoms with Gasteiger partial charge in [0, 0.05) is 44.8 Å². The first-order valence-corrected chi connectivity index (χ1v) is 13.7. The Morgan fingerprint density at radius 1 is 0.829 bits per heavy atom. The van der Waals surface area contributed by atoms with Crippen molar-refractivity contribution < 1.29 is 22.4 Å². The van der Waals surface area contributed by atoms with Crippen molar-refractivity contribution in [3.63, 3.8) is 0 Å². The van der Waals surface area contributed by atoms with E-state index in [1.54, 1.807) is 15.9 Å². The van der Waals surface area contributed by atoms with Gasteiger partial charge in [0.25, 0.3) is 5.91 Å². The van der Waals surface area contributed by atoms with Gasteiger partial charge in [-0.25, -0.2) is 12.8 Å². The number of hydrogen-bond acceptors (Lipinski definition) is 4. The van der Waals surface area contributed by atoms with Crippen LogP contribution >= 0.6 is 0 Å². The summed E-state index contributed by atoms with van der Waals surface area (Å²) in [5.74, 6) is -0.942. The van der Waals surface area contributed by atoms with E-state index in [1.165, 1.54) is 34.1 Å². The number of piperidine rings is 1. The van der Waals surface area contributed by atoms with E-state index >= 15 is 0 Å². The molecule has 2 amide bonds. The van der Waals surface area contributed by atoms with Gasteiger partial charge in [-0.1, -0.05) is 6.07 Å². The Hall–Kier alpha value is -2.78. The monoisotopic (exact) mass is 499 g/mol. The van der Waals surface area contributed by atoms with Gasteiger partial charge in [0.15, 0.2) is 0 Å². The SMILES string of the molecule is O=C(c1ccc(F)cc1)N1CCC[C@@H](C(=O)N2CCN(S(=O)(=O)c3ccc4c(c3)CCC4)CC2)C1. The van der Waals surface area contributed by atoms with Crippen LogP contribution in [0.2, 0.25) is 0 Å². The minimum atomic E-state index is -3.60. The van der Waals surface area contributed by atoms with Crippen molar-refractivity contribution in [2.45, 2.75) is 37.0 Å². The van der Waals surface area contributed by atoms with E-state index in [-0.39, 0.29) is 30.8 Å². The van der Waals surface area contributed by atoms with Crippen LogP contribution in [0.5, 0.6) is 0 Å². The van der Waals surface area contributed by atoms with Gasteiger partial charge >= 0.3 is 0 Å². The molecule has 1 atom stereocenters. The third-order valence-electron chi connectivity index (χ3n) is 7.41. The predicted molar refractivity (Wildman–Crippen MR) is 129 cm³/mol. The third kappa shape index (κ3) is 4.84. The quantitative estimate of drug-likeness (QED) is 0.648. The zero-order valence-electron chi connectivity index (χ0n) is 19.7. The normalized spacial score (nSPS) is 21.1. The van der Waals surface area contributed by atoms with Crippen LogP contribution in [0, 0.1) is 11.7 Å². The van der Waals surface area contributed by atoms with E-state index < -0.39 is 15.8 Å². The molecule has 2 saturated heterocycles. The van der Waals surface area contributed by atoms with Crippen LogP contribution in [0.15, 0.2) is 47.4 Å². The number of carbonyl (C=O) groups is 2. The largest absolute Gasteiger partial charge is 0.340 e. The van der Waals surface area contributed by atoms with Crippen molar-refractivity contribution in [3.8, 4) is 0 Å². The molecule has 1 aliphatic carbocycles. The summed E-state index contributed by atoms with van der Waals surface area (Å²) < 4.78 is 41.1. The van der Waals surface area contributed by atoms with Crippen molar-refractivity contribution in [3.05, 3.63) is 65.0 Å². The summed E-state index contributed by atoms with van der Waals surface area (Å²) in [5, 5.41) is 0. The van der Waals surface area contributed by atoms with Gasteiger partial charge in [0.05, 0.1) is 10.8 Å². The number of sulfonamides is 1. The molecule has 0 saturated carbocycles. The number of fused-ring (bicyclic) bond motifs is 1. The topological polar surface area (TPSA) is 78.0 Å². The number of amides is 2. The molecular weight excluding hydrogens is 469 g/mol. The van der Waals surface area contributed by atoms with Crippen molar-refractivity contribution >= 4 is 21.8 Å². The highest BCUT2D eigenvalue weighted by Crippen LogP contribution is 2.27. The lowest BCUT2D eigenvalue weighted by molar-refractivity contribution is -0.138. The lowest BCUT2D eigenvalue weighted by Crippen LogP contribution is -2.54. The molecule has 0 N–H and O–H groups in total. The Morgan fingerprint density at radius 3 is 2.29 bits per heavy atom. The van der Waals surface area contributed by atoms with E-state index in [0.717, 1.165) is 31.2 Å². The highest BCUT2D eigenvalue weighted by Gasteiger charge is 2.35. The second-order valence-electron chi connectivity index (χ2n) is 9.61. The summed E-state index contributed by atoms with van der Waals surface area (Å²) in [6, 6.07) is 10.9. The molecule has 0 aromatic heterocycles. The molecule has 7 nitrogen and oxygen atoms in total. The van der Waals surface area contributed by atoms with E-state index in [4.69, 9.17) is 0 Å². The van der Waals surface area contributed by atoms with Crippen LogP contribution in [0.4, 0.5) is 4.39 Å². The van der Waals surface area contributed by atoms with Crippen LogP contribution in [0.1, 0.15) is 40.7 Å². The van der Waals surface area contributed by atoms with E-state index in [0.29, 0.717) is 43.1 Å². The van der Waals surface area contributed by atoms with Crippen LogP contribution < -0.4 is 0 Å². The summed E-state index contributed by atoms with van der Waals surface area (Å²) in [5.41, 5.74) is 2.76. The molecule has 0 spiro atoms. The second kappa shape index (κ2) is 9.70. The fourth-order valence-corrected chi connectivity index (χ4v) is 6.88. The number of likely N-dealkylation sites (tertiary alicyclic amines) is 1. The van der Waals surface area contributed by atoms with Gasteiger partial charge < -0.3 is 9.80 Å².